The van der Waals surface area contributed by atoms with Crippen LogP contribution in [0.1, 0.15) is 33.6 Å². The summed E-state index contributed by atoms with van der Waals surface area (Å²) in [6, 6.07) is 0.179. The molecular weight excluding hydrogens is 204 g/mol. The van der Waals surface area contributed by atoms with Crippen LogP contribution in [0.5, 0.6) is 0 Å². The lowest BCUT2D eigenvalue weighted by molar-refractivity contribution is -0.00914. The molecule has 1 aliphatic heterocycles. The first-order valence-electron chi connectivity index (χ1n) is 6.34. The predicted molar refractivity (Wildman–Crippen MR) is 64.5 cm³/mol. The molecule has 1 atom stereocenters. The molecule has 0 spiro atoms. The summed E-state index contributed by atoms with van der Waals surface area (Å²) in [6.07, 6.45) is 2.21. The van der Waals surface area contributed by atoms with Gasteiger partial charge in [-0.15, -0.1) is 0 Å². The van der Waals surface area contributed by atoms with Gasteiger partial charge >= 0.3 is 6.03 Å². The molecule has 0 radical (unpaired) electrons. The quantitative estimate of drug-likeness (QED) is 0.736. The van der Waals surface area contributed by atoms with Crippen LogP contribution in [0.25, 0.3) is 0 Å². The molecule has 0 N–H and O–H groups in total. The Kier molecular flexibility index (Phi) is 5.60. The Bertz CT molecular complexity index is 208. The summed E-state index contributed by atoms with van der Waals surface area (Å²) in [5.74, 6) is 0. The normalized spacial score (nSPS) is 20.9. The first kappa shape index (κ1) is 13.3. The Hall–Kier alpha value is -0.770. The van der Waals surface area contributed by atoms with Gasteiger partial charge in [-0.25, -0.2) is 4.79 Å². The second-order valence-corrected chi connectivity index (χ2v) is 4.40. The van der Waals surface area contributed by atoms with Gasteiger partial charge < -0.3 is 14.5 Å². The molecule has 1 rings (SSSR count). The third-order valence-electron chi connectivity index (χ3n) is 2.77. The van der Waals surface area contributed by atoms with Crippen LogP contribution < -0.4 is 0 Å². The lowest BCUT2D eigenvalue weighted by Crippen LogP contribution is -2.50. The number of ether oxygens (including phenoxy) is 1. The SMILES string of the molecule is CCCN(CCC)C(=O)N1CCOC(C)C1. The van der Waals surface area contributed by atoms with Crippen molar-refractivity contribution < 1.29 is 9.53 Å². The molecule has 1 unspecified atom stereocenters. The minimum Gasteiger partial charge on any atom is -0.375 e. The Labute approximate surface area is 98.5 Å². The smallest absolute Gasteiger partial charge is 0.320 e. The standard InChI is InChI=1S/C12H24N2O2/c1-4-6-13(7-5-2)12(15)14-8-9-16-11(3)10-14/h11H,4-10H2,1-3H3. The molecule has 0 saturated carbocycles. The number of nitrogens with zero attached hydrogens (tertiary/aromatic N) is 2. The van der Waals surface area contributed by atoms with Gasteiger partial charge in [-0.3, -0.25) is 0 Å². The van der Waals surface area contributed by atoms with E-state index in [0.717, 1.165) is 39.0 Å². The van der Waals surface area contributed by atoms with Crippen molar-refractivity contribution in [2.75, 3.05) is 32.8 Å². The lowest BCUT2D eigenvalue weighted by Gasteiger charge is -2.35. The number of morpholine rings is 1. The Morgan fingerprint density at radius 3 is 2.50 bits per heavy atom. The van der Waals surface area contributed by atoms with E-state index in [1.54, 1.807) is 0 Å². The zero-order valence-electron chi connectivity index (χ0n) is 10.7. The van der Waals surface area contributed by atoms with Gasteiger partial charge in [-0.1, -0.05) is 13.8 Å². The van der Waals surface area contributed by atoms with Crippen molar-refractivity contribution in [1.29, 1.82) is 0 Å². The van der Waals surface area contributed by atoms with E-state index in [-0.39, 0.29) is 12.1 Å². The Balaban J connectivity index is 2.51. The maximum Gasteiger partial charge on any atom is 0.320 e. The fourth-order valence-corrected chi connectivity index (χ4v) is 2.04. The largest absolute Gasteiger partial charge is 0.375 e. The third-order valence-corrected chi connectivity index (χ3v) is 2.77. The Morgan fingerprint density at radius 1 is 1.38 bits per heavy atom. The summed E-state index contributed by atoms with van der Waals surface area (Å²) < 4.78 is 5.45. The second kappa shape index (κ2) is 6.74. The van der Waals surface area contributed by atoms with E-state index in [2.05, 4.69) is 13.8 Å². The molecule has 0 aromatic rings. The first-order chi connectivity index (χ1) is 7.69. The van der Waals surface area contributed by atoms with Gasteiger partial charge in [0, 0.05) is 26.2 Å². The fraction of sp³-hybridized carbons (Fsp3) is 0.917. The molecule has 16 heavy (non-hydrogen) atoms. The summed E-state index contributed by atoms with van der Waals surface area (Å²) >= 11 is 0. The fourth-order valence-electron chi connectivity index (χ4n) is 2.04. The summed E-state index contributed by atoms with van der Waals surface area (Å²) in [4.78, 5) is 16.1. The molecule has 1 fully saturated rings. The molecule has 94 valence electrons. The monoisotopic (exact) mass is 228 g/mol. The second-order valence-electron chi connectivity index (χ2n) is 4.40. The average molecular weight is 228 g/mol. The maximum absolute atomic E-state index is 12.2. The van der Waals surface area contributed by atoms with Gasteiger partial charge in [0.2, 0.25) is 0 Å². The highest BCUT2D eigenvalue weighted by Crippen LogP contribution is 2.08. The highest BCUT2D eigenvalue weighted by atomic mass is 16.5. The van der Waals surface area contributed by atoms with Crippen molar-refractivity contribution in [3.8, 4) is 0 Å². The van der Waals surface area contributed by atoms with Crippen molar-refractivity contribution in [2.24, 2.45) is 0 Å². The highest BCUT2D eigenvalue weighted by Gasteiger charge is 2.24. The summed E-state index contributed by atoms with van der Waals surface area (Å²) in [7, 11) is 0. The van der Waals surface area contributed by atoms with E-state index in [1.165, 1.54) is 0 Å². The Morgan fingerprint density at radius 2 is 2.00 bits per heavy atom. The molecule has 0 bridgehead atoms. The van der Waals surface area contributed by atoms with Crippen LogP contribution in [0.4, 0.5) is 4.79 Å². The van der Waals surface area contributed by atoms with Crippen molar-refractivity contribution in [2.45, 2.75) is 39.7 Å². The van der Waals surface area contributed by atoms with Gasteiger partial charge in [-0.05, 0) is 19.8 Å². The molecular formula is C12H24N2O2. The van der Waals surface area contributed by atoms with Crippen LogP contribution in [0.15, 0.2) is 0 Å². The van der Waals surface area contributed by atoms with E-state index in [0.29, 0.717) is 6.61 Å². The molecule has 1 heterocycles. The molecule has 2 amide bonds. The van der Waals surface area contributed by atoms with Gasteiger partial charge in [-0.2, -0.15) is 0 Å². The van der Waals surface area contributed by atoms with Gasteiger partial charge in [0.1, 0.15) is 0 Å². The topological polar surface area (TPSA) is 32.8 Å². The number of rotatable bonds is 4. The number of urea groups is 1. The van der Waals surface area contributed by atoms with Crippen molar-refractivity contribution >= 4 is 6.03 Å². The molecule has 1 aliphatic rings. The molecule has 0 aromatic carbocycles. The van der Waals surface area contributed by atoms with Crippen molar-refractivity contribution in [1.82, 2.24) is 9.80 Å². The van der Waals surface area contributed by atoms with Crippen LogP contribution in [-0.2, 0) is 4.74 Å². The highest BCUT2D eigenvalue weighted by molar-refractivity contribution is 5.74. The van der Waals surface area contributed by atoms with Crippen LogP contribution in [0.3, 0.4) is 0 Å². The van der Waals surface area contributed by atoms with E-state index < -0.39 is 0 Å². The summed E-state index contributed by atoms with van der Waals surface area (Å²) in [6.45, 7) is 10.1. The minimum absolute atomic E-state index is 0.169. The van der Waals surface area contributed by atoms with Crippen LogP contribution in [0, 0.1) is 0 Å². The van der Waals surface area contributed by atoms with E-state index in [9.17, 15) is 4.79 Å². The number of amides is 2. The van der Waals surface area contributed by atoms with Crippen LogP contribution in [0.2, 0.25) is 0 Å². The number of carbonyl (C=O) groups is 1. The summed E-state index contributed by atoms with van der Waals surface area (Å²) in [5.41, 5.74) is 0. The lowest BCUT2D eigenvalue weighted by atomic mass is 10.3. The first-order valence-corrected chi connectivity index (χ1v) is 6.34. The van der Waals surface area contributed by atoms with Crippen LogP contribution >= 0.6 is 0 Å². The molecule has 0 aliphatic carbocycles. The van der Waals surface area contributed by atoms with Gasteiger partial charge in [0.05, 0.1) is 12.7 Å². The van der Waals surface area contributed by atoms with Crippen molar-refractivity contribution in [3.05, 3.63) is 0 Å². The predicted octanol–water partition coefficient (Wildman–Crippen LogP) is 1.95. The molecule has 1 saturated heterocycles. The third kappa shape index (κ3) is 3.67. The van der Waals surface area contributed by atoms with E-state index >= 15 is 0 Å². The average Bonchev–Trinajstić information content (AvgIpc) is 2.28. The van der Waals surface area contributed by atoms with Crippen molar-refractivity contribution in [3.63, 3.8) is 0 Å². The molecule has 4 heteroatoms. The molecule has 4 nitrogen and oxygen atoms in total. The van der Waals surface area contributed by atoms with Gasteiger partial charge in [0.15, 0.2) is 0 Å². The summed E-state index contributed by atoms with van der Waals surface area (Å²) in [5, 5.41) is 0. The number of hydrogen-bond donors (Lipinski definition) is 0. The molecule has 0 aromatic heterocycles. The number of carbonyl (C=O) groups excluding carboxylic acids is 1. The zero-order valence-corrected chi connectivity index (χ0v) is 10.7. The van der Waals surface area contributed by atoms with E-state index in [4.69, 9.17) is 4.74 Å². The zero-order chi connectivity index (χ0) is 12.0. The number of hydrogen-bond acceptors (Lipinski definition) is 2. The minimum atomic E-state index is 0.169. The van der Waals surface area contributed by atoms with Crippen LogP contribution in [-0.4, -0.2) is 54.7 Å². The maximum atomic E-state index is 12.2. The van der Waals surface area contributed by atoms with Gasteiger partial charge in [0.25, 0.3) is 0 Å². The van der Waals surface area contributed by atoms with E-state index in [1.807, 2.05) is 16.7 Å².